The lowest BCUT2D eigenvalue weighted by Crippen LogP contribution is -2.18. The minimum absolute atomic E-state index is 0.129. The summed E-state index contributed by atoms with van der Waals surface area (Å²) in [5.74, 6) is -0.980. The molecule has 2 unspecified atom stereocenters. The SMILES string of the molecule is CCCC(CC)Oc1nc(CC)c(-c2ccccc2OC(F)Cl)nc1CC. The zero-order valence-corrected chi connectivity index (χ0v) is 17.2. The number of nitrogens with zero attached hydrogens (tertiary/aromatic N) is 2. The highest BCUT2D eigenvalue weighted by molar-refractivity contribution is 6.18. The van der Waals surface area contributed by atoms with E-state index in [2.05, 4.69) is 13.8 Å². The maximum Gasteiger partial charge on any atom is 0.316 e. The fourth-order valence-corrected chi connectivity index (χ4v) is 3.06. The van der Waals surface area contributed by atoms with Crippen molar-refractivity contribution >= 4 is 11.6 Å². The highest BCUT2D eigenvalue weighted by atomic mass is 35.5. The molecule has 1 heterocycles. The number of para-hydroxylation sites is 1. The average molecular weight is 395 g/mol. The van der Waals surface area contributed by atoms with Gasteiger partial charge in [-0.2, -0.15) is 4.39 Å². The van der Waals surface area contributed by atoms with Crippen molar-refractivity contribution in [2.24, 2.45) is 0 Å². The number of alkyl halides is 2. The Labute approximate surface area is 166 Å². The minimum Gasteiger partial charge on any atom is -0.473 e. The first-order valence-electron chi connectivity index (χ1n) is 9.64. The van der Waals surface area contributed by atoms with Crippen LogP contribution in [0.15, 0.2) is 24.3 Å². The Morgan fingerprint density at radius 3 is 2.30 bits per heavy atom. The summed E-state index contributed by atoms with van der Waals surface area (Å²) in [5.41, 5.74) is 2.92. The van der Waals surface area contributed by atoms with Crippen molar-refractivity contribution in [3.05, 3.63) is 35.7 Å². The van der Waals surface area contributed by atoms with E-state index in [1.807, 2.05) is 26.0 Å². The molecule has 0 aliphatic heterocycles. The summed E-state index contributed by atoms with van der Waals surface area (Å²) in [5, 5.41) is 0. The number of hydrogen-bond acceptors (Lipinski definition) is 4. The summed E-state index contributed by atoms with van der Waals surface area (Å²) in [6.07, 6.45) is 4.44. The molecule has 1 aromatic carbocycles. The van der Waals surface area contributed by atoms with Gasteiger partial charge in [-0.25, -0.2) is 9.97 Å². The predicted octanol–water partition coefficient (Wildman–Crippen LogP) is 6.10. The molecule has 0 radical (unpaired) electrons. The van der Waals surface area contributed by atoms with E-state index in [0.717, 1.165) is 30.7 Å². The van der Waals surface area contributed by atoms with Crippen molar-refractivity contribution in [3.63, 3.8) is 0 Å². The van der Waals surface area contributed by atoms with E-state index in [0.29, 0.717) is 35.7 Å². The van der Waals surface area contributed by atoms with Crippen LogP contribution in [0.25, 0.3) is 11.3 Å². The Hall–Kier alpha value is -1.88. The van der Waals surface area contributed by atoms with E-state index in [4.69, 9.17) is 31.0 Å². The third-order valence-corrected chi connectivity index (χ3v) is 4.46. The molecular weight excluding hydrogens is 367 g/mol. The van der Waals surface area contributed by atoms with E-state index in [1.54, 1.807) is 12.1 Å². The van der Waals surface area contributed by atoms with E-state index < -0.39 is 5.82 Å². The zero-order chi connectivity index (χ0) is 19.8. The van der Waals surface area contributed by atoms with E-state index in [-0.39, 0.29) is 6.10 Å². The second-order valence-corrected chi connectivity index (χ2v) is 6.63. The monoisotopic (exact) mass is 394 g/mol. The first-order chi connectivity index (χ1) is 13.0. The van der Waals surface area contributed by atoms with Crippen LogP contribution in [0.4, 0.5) is 4.39 Å². The quantitative estimate of drug-likeness (QED) is 0.457. The smallest absolute Gasteiger partial charge is 0.316 e. The topological polar surface area (TPSA) is 44.2 Å². The van der Waals surface area contributed by atoms with Crippen LogP contribution in [0.3, 0.4) is 0 Å². The van der Waals surface area contributed by atoms with E-state index in [1.165, 1.54) is 0 Å². The lowest BCUT2D eigenvalue weighted by molar-refractivity contribution is 0.147. The molecule has 0 spiro atoms. The molecule has 148 valence electrons. The van der Waals surface area contributed by atoms with Gasteiger partial charge in [0.15, 0.2) is 0 Å². The van der Waals surface area contributed by atoms with E-state index >= 15 is 0 Å². The van der Waals surface area contributed by atoms with Gasteiger partial charge < -0.3 is 9.47 Å². The Balaban J connectivity index is 2.50. The fraction of sp³-hybridized carbons (Fsp3) is 0.524. The van der Waals surface area contributed by atoms with Crippen LogP contribution in [0.1, 0.15) is 58.3 Å². The summed E-state index contributed by atoms with van der Waals surface area (Å²) < 4.78 is 24.5. The predicted molar refractivity (Wildman–Crippen MR) is 107 cm³/mol. The Morgan fingerprint density at radius 1 is 1.00 bits per heavy atom. The molecule has 6 heteroatoms. The second-order valence-electron chi connectivity index (χ2n) is 6.29. The molecule has 2 aromatic rings. The molecule has 27 heavy (non-hydrogen) atoms. The van der Waals surface area contributed by atoms with Crippen molar-refractivity contribution < 1.29 is 13.9 Å². The Bertz CT molecular complexity index is 740. The van der Waals surface area contributed by atoms with Crippen LogP contribution in [0.5, 0.6) is 11.6 Å². The van der Waals surface area contributed by atoms with Crippen molar-refractivity contribution in [1.29, 1.82) is 0 Å². The van der Waals surface area contributed by atoms with Gasteiger partial charge in [0.1, 0.15) is 17.5 Å². The van der Waals surface area contributed by atoms with Gasteiger partial charge in [0.2, 0.25) is 5.88 Å². The highest BCUT2D eigenvalue weighted by Gasteiger charge is 2.20. The van der Waals surface area contributed by atoms with Gasteiger partial charge in [0.05, 0.1) is 11.4 Å². The third-order valence-electron chi connectivity index (χ3n) is 4.38. The lowest BCUT2D eigenvalue weighted by Gasteiger charge is -2.20. The average Bonchev–Trinajstić information content (AvgIpc) is 2.67. The summed E-state index contributed by atoms with van der Waals surface area (Å²) in [6.45, 7) is 8.29. The molecule has 0 amide bonds. The first-order valence-corrected chi connectivity index (χ1v) is 10.1. The summed E-state index contributed by atoms with van der Waals surface area (Å²) in [7, 11) is 0. The maximum absolute atomic E-state index is 13.2. The molecule has 0 fully saturated rings. The number of halogens is 2. The van der Waals surface area contributed by atoms with Crippen molar-refractivity contribution in [2.75, 3.05) is 0 Å². The second kappa shape index (κ2) is 10.5. The highest BCUT2D eigenvalue weighted by Crippen LogP contribution is 2.34. The normalized spacial score (nSPS) is 13.3. The fourth-order valence-electron chi connectivity index (χ4n) is 2.96. The molecule has 0 saturated carbocycles. The van der Waals surface area contributed by atoms with Gasteiger partial charge in [0.25, 0.3) is 0 Å². The molecule has 4 nitrogen and oxygen atoms in total. The molecule has 0 aliphatic rings. The van der Waals surface area contributed by atoms with Crippen LogP contribution in [0, 0.1) is 0 Å². The Morgan fingerprint density at radius 2 is 1.70 bits per heavy atom. The van der Waals surface area contributed by atoms with Gasteiger partial charge in [0, 0.05) is 5.56 Å². The first kappa shape index (κ1) is 21.4. The van der Waals surface area contributed by atoms with Crippen molar-refractivity contribution in [1.82, 2.24) is 9.97 Å². The van der Waals surface area contributed by atoms with Crippen LogP contribution in [-0.2, 0) is 12.8 Å². The standard InChI is InChI=1S/C21H28ClFN2O2/c1-5-11-14(6-2)26-20-17(8-4)24-19(16(7-3)25-20)15-12-9-10-13-18(15)27-21(22)23/h9-10,12-14,21H,5-8,11H2,1-4H3. The number of rotatable bonds is 10. The van der Waals surface area contributed by atoms with E-state index in [9.17, 15) is 4.39 Å². The molecule has 0 saturated heterocycles. The minimum atomic E-state index is -1.92. The zero-order valence-electron chi connectivity index (χ0n) is 16.5. The molecule has 0 aliphatic carbocycles. The summed E-state index contributed by atoms with van der Waals surface area (Å²) >= 11 is 5.39. The number of benzene rings is 1. The number of ether oxygens (including phenoxy) is 2. The van der Waals surface area contributed by atoms with Crippen molar-refractivity contribution in [3.8, 4) is 22.9 Å². The van der Waals surface area contributed by atoms with Crippen LogP contribution >= 0.6 is 11.6 Å². The van der Waals surface area contributed by atoms with Gasteiger partial charge >= 0.3 is 5.82 Å². The summed E-state index contributed by atoms with van der Waals surface area (Å²) in [4.78, 5) is 9.58. The molecule has 0 N–H and O–H groups in total. The van der Waals surface area contributed by atoms with Crippen LogP contribution in [0.2, 0.25) is 0 Å². The third kappa shape index (κ3) is 5.55. The van der Waals surface area contributed by atoms with Gasteiger partial charge in [-0.1, -0.05) is 46.2 Å². The molecule has 0 bridgehead atoms. The largest absolute Gasteiger partial charge is 0.473 e. The van der Waals surface area contributed by atoms with Gasteiger partial charge in [-0.15, -0.1) is 0 Å². The van der Waals surface area contributed by atoms with Crippen molar-refractivity contribution in [2.45, 2.75) is 71.7 Å². The number of hydrogen-bond donors (Lipinski definition) is 0. The van der Waals surface area contributed by atoms with Gasteiger partial charge in [-0.05, 0) is 49.4 Å². The number of aryl methyl sites for hydroxylation is 2. The molecule has 1 aromatic heterocycles. The summed E-state index contributed by atoms with van der Waals surface area (Å²) in [6, 6.07) is 7.14. The van der Waals surface area contributed by atoms with Crippen LogP contribution in [-0.4, -0.2) is 21.9 Å². The molecular formula is C21H28ClFN2O2. The Kier molecular flexibility index (Phi) is 8.29. The maximum atomic E-state index is 13.2. The lowest BCUT2D eigenvalue weighted by atomic mass is 10.1. The molecule has 2 atom stereocenters. The number of aromatic nitrogens is 2. The van der Waals surface area contributed by atoms with Crippen LogP contribution < -0.4 is 9.47 Å². The molecule has 2 rings (SSSR count). The van der Waals surface area contributed by atoms with Gasteiger partial charge in [-0.3, -0.25) is 0 Å².